The molecule has 0 aliphatic carbocycles. The van der Waals surface area contributed by atoms with E-state index in [4.69, 9.17) is 5.73 Å². The van der Waals surface area contributed by atoms with E-state index in [1.165, 1.54) is 6.07 Å². The lowest BCUT2D eigenvalue weighted by Crippen LogP contribution is -2.22. The molecule has 2 aromatic rings. The van der Waals surface area contributed by atoms with E-state index < -0.39 is 0 Å². The Kier molecular flexibility index (Phi) is 3.95. The lowest BCUT2D eigenvalue weighted by atomic mass is 10.0. The average Bonchev–Trinajstić information content (AvgIpc) is 2.68. The zero-order valence-corrected chi connectivity index (χ0v) is 11.5. The van der Waals surface area contributed by atoms with Gasteiger partial charge in [-0.1, -0.05) is 19.1 Å². The number of hydrogen-bond acceptors (Lipinski definition) is 3. The summed E-state index contributed by atoms with van der Waals surface area (Å²) in [6.07, 6.45) is 1.48. The molecule has 1 aromatic heterocycles. The van der Waals surface area contributed by atoms with Crippen molar-refractivity contribution in [3.05, 3.63) is 41.2 Å². The molecule has 102 valence electrons. The van der Waals surface area contributed by atoms with Crippen molar-refractivity contribution < 1.29 is 4.39 Å². The predicted octanol–water partition coefficient (Wildman–Crippen LogP) is 2.30. The molecule has 0 saturated carbocycles. The second-order valence-electron chi connectivity index (χ2n) is 4.74. The summed E-state index contributed by atoms with van der Waals surface area (Å²) in [5.74, 6) is 1.01. The lowest BCUT2D eigenvalue weighted by Gasteiger charge is -2.14. The summed E-state index contributed by atoms with van der Waals surface area (Å²) in [7, 11) is 0. The highest BCUT2D eigenvalue weighted by atomic mass is 19.1. The highest BCUT2D eigenvalue weighted by Gasteiger charge is 2.16. The van der Waals surface area contributed by atoms with Crippen molar-refractivity contribution in [3.8, 4) is 5.69 Å². The van der Waals surface area contributed by atoms with Crippen LogP contribution in [-0.4, -0.2) is 20.8 Å². The molecule has 0 aliphatic rings. The normalized spacial score (nSPS) is 12.7. The van der Waals surface area contributed by atoms with Gasteiger partial charge in [0.25, 0.3) is 0 Å². The van der Waals surface area contributed by atoms with Gasteiger partial charge in [0.15, 0.2) is 0 Å². The molecular weight excluding hydrogens is 243 g/mol. The van der Waals surface area contributed by atoms with Gasteiger partial charge in [0, 0.05) is 6.04 Å². The van der Waals surface area contributed by atoms with Crippen LogP contribution in [0.5, 0.6) is 0 Å². The SMILES string of the molecule is CCC(N)Cc1cccc(F)c1-n1nc(C)nc1C. The predicted molar refractivity (Wildman–Crippen MR) is 72.8 cm³/mol. The summed E-state index contributed by atoms with van der Waals surface area (Å²) in [5.41, 5.74) is 7.30. The number of benzene rings is 1. The van der Waals surface area contributed by atoms with Crippen LogP contribution in [0, 0.1) is 19.7 Å². The topological polar surface area (TPSA) is 56.7 Å². The summed E-state index contributed by atoms with van der Waals surface area (Å²) in [5, 5.41) is 4.26. The third kappa shape index (κ3) is 2.81. The zero-order valence-electron chi connectivity index (χ0n) is 11.5. The molecule has 2 rings (SSSR count). The molecule has 0 radical (unpaired) electrons. The van der Waals surface area contributed by atoms with E-state index in [0.29, 0.717) is 23.8 Å². The highest BCUT2D eigenvalue weighted by molar-refractivity contribution is 5.43. The van der Waals surface area contributed by atoms with E-state index in [-0.39, 0.29) is 11.9 Å². The van der Waals surface area contributed by atoms with Gasteiger partial charge in [0.1, 0.15) is 23.2 Å². The molecule has 0 amide bonds. The van der Waals surface area contributed by atoms with Gasteiger partial charge in [0.05, 0.1) is 0 Å². The van der Waals surface area contributed by atoms with Crippen molar-refractivity contribution in [1.82, 2.24) is 14.8 Å². The molecule has 1 atom stereocenters. The van der Waals surface area contributed by atoms with Crippen LogP contribution in [0.3, 0.4) is 0 Å². The third-order valence-electron chi connectivity index (χ3n) is 3.16. The summed E-state index contributed by atoms with van der Waals surface area (Å²) in [4.78, 5) is 4.22. The van der Waals surface area contributed by atoms with E-state index in [2.05, 4.69) is 10.1 Å². The maximum absolute atomic E-state index is 14.2. The van der Waals surface area contributed by atoms with Crippen LogP contribution < -0.4 is 5.73 Å². The Morgan fingerprint density at radius 1 is 1.37 bits per heavy atom. The Balaban J connectivity index is 2.52. The molecule has 0 aliphatic heterocycles. The van der Waals surface area contributed by atoms with Crippen molar-refractivity contribution in [2.45, 2.75) is 39.7 Å². The van der Waals surface area contributed by atoms with Crippen LogP contribution in [0.1, 0.15) is 30.6 Å². The quantitative estimate of drug-likeness (QED) is 0.919. The van der Waals surface area contributed by atoms with E-state index in [1.54, 1.807) is 17.7 Å². The van der Waals surface area contributed by atoms with Gasteiger partial charge in [-0.05, 0) is 38.3 Å². The number of aromatic nitrogens is 3. The molecule has 0 spiro atoms. The fraction of sp³-hybridized carbons (Fsp3) is 0.429. The van der Waals surface area contributed by atoms with Gasteiger partial charge in [-0.15, -0.1) is 0 Å². The van der Waals surface area contributed by atoms with Gasteiger partial charge >= 0.3 is 0 Å². The minimum Gasteiger partial charge on any atom is -0.327 e. The van der Waals surface area contributed by atoms with E-state index >= 15 is 0 Å². The zero-order chi connectivity index (χ0) is 14.0. The van der Waals surface area contributed by atoms with Crippen LogP contribution in [-0.2, 0) is 6.42 Å². The van der Waals surface area contributed by atoms with Gasteiger partial charge < -0.3 is 5.73 Å². The second-order valence-corrected chi connectivity index (χ2v) is 4.74. The first-order valence-corrected chi connectivity index (χ1v) is 6.46. The molecule has 1 heterocycles. The summed E-state index contributed by atoms with van der Waals surface area (Å²) in [6.45, 7) is 5.63. The number of para-hydroxylation sites is 1. The molecule has 19 heavy (non-hydrogen) atoms. The summed E-state index contributed by atoms with van der Waals surface area (Å²) in [6, 6.07) is 5.05. The van der Waals surface area contributed by atoms with Crippen molar-refractivity contribution >= 4 is 0 Å². The van der Waals surface area contributed by atoms with Crippen molar-refractivity contribution in [1.29, 1.82) is 0 Å². The fourth-order valence-electron chi connectivity index (χ4n) is 2.12. The standard InChI is InChI=1S/C14H19FN4/c1-4-12(16)8-11-6-5-7-13(15)14(11)19-10(3)17-9(2)18-19/h5-7,12H,4,8,16H2,1-3H3. The second kappa shape index (κ2) is 5.48. The highest BCUT2D eigenvalue weighted by Crippen LogP contribution is 2.21. The van der Waals surface area contributed by atoms with Gasteiger partial charge in [-0.25, -0.2) is 14.1 Å². The number of rotatable bonds is 4. The van der Waals surface area contributed by atoms with Crippen molar-refractivity contribution in [2.24, 2.45) is 5.73 Å². The maximum atomic E-state index is 14.2. The van der Waals surface area contributed by atoms with E-state index in [0.717, 1.165) is 12.0 Å². The first-order valence-electron chi connectivity index (χ1n) is 6.46. The Bertz CT molecular complexity index is 577. The lowest BCUT2D eigenvalue weighted by molar-refractivity contribution is 0.593. The largest absolute Gasteiger partial charge is 0.327 e. The number of hydrogen-bond donors (Lipinski definition) is 1. The first-order chi connectivity index (χ1) is 9.02. The van der Waals surface area contributed by atoms with Crippen LogP contribution in [0.25, 0.3) is 5.69 Å². The summed E-state index contributed by atoms with van der Waals surface area (Å²) >= 11 is 0. The molecule has 0 bridgehead atoms. The van der Waals surface area contributed by atoms with Gasteiger partial charge in [-0.2, -0.15) is 5.10 Å². The Hall–Kier alpha value is -1.75. The molecule has 2 N–H and O–H groups in total. The van der Waals surface area contributed by atoms with Crippen LogP contribution in [0.2, 0.25) is 0 Å². The average molecular weight is 262 g/mol. The van der Waals surface area contributed by atoms with Crippen LogP contribution in [0.15, 0.2) is 18.2 Å². The molecule has 5 heteroatoms. The van der Waals surface area contributed by atoms with Crippen LogP contribution in [0.4, 0.5) is 4.39 Å². The van der Waals surface area contributed by atoms with E-state index in [1.807, 2.05) is 19.9 Å². The number of aryl methyl sites for hydroxylation is 2. The smallest absolute Gasteiger partial charge is 0.149 e. The molecule has 0 fully saturated rings. The number of nitrogens with zero attached hydrogens (tertiary/aromatic N) is 3. The van der Waals surface area contributed by atoms with Gasteiger partial charge in [-0.3, -0.25) is 0 Å². The number of nitrogens with two attached hydrogens (primary N) is 1. The number of halogens is 1. The van der Waals surface area contributed by atoms with E-state index in [9.17, 15) is 4.39 Å². The van der Waals surface area contributed by atoms with Gasteiger partial charge in [0.2, 0.25) is 0 Å². The first kappa shape index (κ1) is 13.7. The Labute approximate surface area is 112 Å². The summed E-state index contributed by atoms with van der Waals surface area (Å²) < 4.78 is 15.7. The van der Waals surface area contributed by atoms with Crippen molar-refractivity contribution in [3.63, 3.8) is 0 Å². The molecule has 4 nitrogen and oxygen atoms in total. The minimum atomic E-state index is -0.297. The Morgan fingerprint density at radius 2 is 2.11 bits per heavy atom. The third-order valence-corrected chi connectivity index (χ3v) is 3.16. The maximum Gasteiger partial charge on any atom is 0.149 e. The molecule has 1 aromatic carbocycles. The van der Waals surface area contributed by atoms with Crippen molar-refractivity contribution in [2.75, 3.05) is 0 Å². The molecular formula is C14H19FN4. The van der Waals surface area contributed by atoms with Crippen LogP contribution >= 0.6 is 0 Å². The Morgan fingerprint density at radius 3 is 2.68 bits per heavy atom. The molecule has 1 unspecified atom stereocenters. The monoisotopic (exact) mass is 262 g/mol. The minimum absolute atomic E-state index is 0.0190. The fourth-order valence-corrected chi connectivity index (χ4v) is 2.12. The molecule has 0 saturated heterocycles.